The lowest BCUT2D eigenvalue weighted by Crippen LogP contribution is -2.27. The summed E-state index contributed by atoms with van der Waals surface area (Å²) in [7, 11) is 0. The first kappa shape index (κ1) is 11.3. The van der Waals surface area contributed by atoms with E-state index in [1.165, 1.54) is 11.1 Å². The molecule has 1 aliphatic rings. The second-order valence-corrected chi connectivity index (χ2v) is 4.37. The van der Waals surface area contributed by atoms with Crippen LogP contribution in [-0.4, -0.2) is 18.5 Å². The number of Topliss-reactive ketones (excluding diaryl/α,β-unsaturated/α-hetero) is 1. The monoisotopic (exact) mass is 218 g/mol. The normalized spacial score (nSPS) is 19.8. The summed E-state index contributed by atoms with van der Waals surface area (Å²) in [5.41, 5.74) is 2.74. The van der Waals surface area contributed by atoms with Gasteiger partial charge in [0, 0.05) is 13.0 Å². The molecule has 0 aliphatic heterocycles. The van der Waals surface area contributed by atoms with Gasteiger partial charge in [-0.05, 0) is 37.3 Å². The molecule has 0 heterocycles. The van der Waals surface area contributed by atoms with E-state index in [0.29, 0.717) is 18.9 Å². The number of hydrogen-bond donors (Lipinski definition) is 0. The molecule has 0 N–H and O–H groups in total. The maximum atomic E-state index is 11.8. The van der Waals surface area contributed by atoms with E-state index in [4.69, 9.17) is 4.74 Å². The number of hydrogen-bond acceptors (Lipinski definition) is 2. The maximum absolute atomic E-state index is 11.8. The van der Waals surface area contributed by atoms with Gasteiger partial charge in [0.1, 0.15) is 6.10 Å². The van der Waals surface area contributed by atoms with Gasteiger partial charge >= 0.3 is 0 Å². The minimum Gasteiger partial charge on any atom is -0.371 e. The molecular weight excluding hydrogens is 200 g/mol. The lowest BCUT2D eigenvalue weighted by molar-refractivity contribution is -0.129. The summed E-state index contributed by atoms with van der Waals surface area (Å²) >= 11 is 0. The molecule has 2 rings (SSSR count). The van der Waals surface area contributed by atoms with Gasteiger partial charge in [0.05, 0.1) is 0 Å². The summed E-state index contributed by atoms with van der Waals surface area (Å²) in [5, 5.41) is 0. The zero-order valence-electron chi connectivity index (χ0n) is 9.90. The third kappa shape index (κ3) is 2.17. The van der Waals surface area contributed by atoms with Crippen molar-refractivity contribution in [1.82, 2.24) is 0 Å². The summed E-state index contributed by atoms with van der Waals surface area (Å²) in [5.74, 6) is 0.646. The maximum Gasteiger partial charge on any atom is 0.161 e. The van der Waals surface area contributed by atoms with Crippen molar-refractivity contribution >= 4 is 5.78 Å². The van der Waals surface area contributed by atoms with E-state index in [2.05, 4.69) is 18.2 Å². The van der Waals surface area contributed by atoms with Crippen molar-refractivity contribution in [3.8, 4) is 0 Å². The zero-order valence-corrected chi connectivity index (χ0v) is 9.90. The fraction of sp³-hybridized carbons (Fsp3) is 0.500. The van der Waals surface area contributed by atoms with Gasteiger partial charge in [0.2, 0.25) is 0 Å². The SMILES string of the molecule is CCOC(C)C(=O)CC1Cc2ccccc21. The summed E-state index contributed by atoms with van der Waals surface area (Å²) in [6, 6.07) is 8.37. The third-order valence-electron chi connectivity index (χ3n) is 3.28. The number of ketones is 1. The van der Waals surface area contributed by atoms with Gasteiger partial charge in [0.25, 0.3) is 0 Å². The molecule has 2 heteroatoms. The molecular formula is C14H18O2. The summed E-state index contributed by atoms with van der Waals surface area (Å²) in [6.07, 6.45) is 1.41. The van der Waals surface area contributed by atoms with Crippen LogP contribution in [0.4, 0.5) is 0 Å². The van der Waals surface area contributed by atoms with Crippen LogP contribution in [0.2, 0.25) is 0 Å². The van der Waals surface area contributed by atoms with Crippen LogP contribution in [0.25, 0.3) is 0 Å². The largest absolute Gasteiger partial charge is 0.371 e. The van der Waals surface area contributed by atoms with Gasteiger partial charge in [-0.3, -0.25) is 4.79 Å². The Hall–Kier alpha value is -1.15. The van der Waals surface area contributed by atoms with Crippen LogP contribution in [0.1, 0.15) is 37.3 Å². The molecule has 0 spiro atoms. The number of carbonyl (C=O) groups excluding carboxylic acids is 1. The average molecular weight is 218 g/mol. The highest BCUT2D eigenvalue weighted by molar-refractivity contribution is 5.83. The molecule has 0 saturated heterocycles. The molecule has 86 valence electrons. The Morgan fingerprint density at radius 1 is 1.50 bits per heavy atom. The van der Waals surface area contributed by atoms with E-state index in [0.717, 1.165) is 6.42 Å². The van der Waals surface area contributed by atoms with Crippen molar-refractivity contribution in [3.05, 3.63) is 35.4 Å². The fourth-order valence-electron chi connectivity index (χ4n) is 2.30. The first-order valence-corrected chi connectivity index (χ1v) is 5.94. The van der Waals surface area contributed by atoms with Crippen molar-refractivity contribution in [1.29, 1.82) is 0 Å². The minimum absolute atomic E-state index is 0.223. The Morgan fingerprint density at radius 3 is 2.94 bits per heavy atom. The first-order chi connectivity index (χ1) is 7.72. The first-order valence-electron chi connectivity index (χ1n) is 5.94. The molecule has 1 aromatic carbocycles. The Kier molecular flexibility index (Phi) is 3.39. The molecule has 0 fully saturated rings. The number of benzene rings is 1. The quantitative estimate of drug-likeness (QED) is 0.759. The Morgan fingerprint density at radius 2 is 2.25 bits per heavy atom. The van der Waals surface area contributed by atoms with Crippen LogP contribution < -0.4 is 0 Å². The number of carbonyl (C=O) groups is 1. The van der Waals surface area contributed by atoms with Crippen molar-refractivity contribution in [2.45, 2.75) is 38.7 Å². The zero-order chi connectivity index (χ0) is 11.5. The van der Waals surface area contributed by atoms with Crippen LogP contribution in [-0.2, 0) is 16.0 Å². The lowest BCUT2D eigenvalue weighted by Gasteiger charge is -2.30. The Bertz CT molecular complexity index is 384. The van der Waals surface area contributed by atoms with E-state index >= 15 is 0 Å². The second-order valence-electron chi connectivity index (χ2n) is 4.37. The van der Waals surface area contributed by atoms with Gasteiger partial charge in [-0.15, -0.1) is 0 Å². The van der Waals surface area contributed by atoms with Crippen molar-refractivity contribution in [3.63, 3.8) is 0 Å². The number of fused-ring (bicyclic) bond motifs is 1. The van der Waals surface area contributed by atoms with Crippen molar-refractivity contribution < 1.29 is 9.53 Å². The average Bonchev–Trinajstić information content (AvgIpc) is 2.26. The van der Waals surface area contributed by atoms with E-state index in [1.54, 1.807) is 0 Å². The summed E-state index contributed by atoms with van der Waals surface area (Å²) in [4.78, 5) is 11.8. The molecule has 2 unspecified atom stereocenters. The van der Waals surface area contributed by atoms with Gasteiger partial charge in [-0.2, -0.15) is 0 Å². The van der Waals surface area contributed by atoms with Gasteiger partial charge in [-0.25, -0.2) is 0 Å². The van der Waals surface area contributed by atoms with Crippen LogP contribution in [0.3, 0.4) is 0 Å². The van der Waals surface area contributed by atoms with E-state index in [9.17, 15) is 4.79 Å². The highest BCUT2D eigenvalue weighted by Gasteiger charge is 2.28. The topological polar surface area (TPSA) is 26.3 Å². The molecule has 0 saturated carbocycles. The minimum atomic E-state index is -0.252. The Balaban J connectivity index is 1.92. The smallest absolute Gasteiger partial charge is 0.161 e. The molecule has 1 aliphatic carbocycles. The molecule has 2 atom stereocenters. The molecule has 0 aromatic heterocycles. The predicted octanol–water partition coefficient (Wildman–Crippen LogP) is 2.71. The standard InChI is InChI=1S/C14H18O2/c1-3-16-10(2)14(15)9-12-8-11-6-4-5-7-13(11)12/h4-7,10,12H,3,8-9H2,1-2H3. The van der Waals surface area contributed by atoms with E-state index in [1.807, 2.05) is 19.9 Å². The van der Waals surface area contributed by atoms with Gasteiger partial charge in [-0.1, -0.05) is 24.3 Å². The summed E-state index contributed by atoms with van der Waals surface area (Å²) in [6.45, 7) is 4.37. The molecule has 0 bridgehead atoms. The molecule has 2 nitrogen and oxygen atoms in total. The second kappa shape index (κ2) is 4.79. The van der Waals surface area contributed by atoms with E-state index < -0.39 is 0 Å². The van der Waals surface area contributed by atoms with Gasteiger partial charge < -0.3 is 4.74 Å². The Labute approximate surface area is 96.6 Å². The highest BCUT2D eigenvalue weighted by atomic mass is 16.5. The number of rotatable bonds is 5. The molecule has 16 heavy (non-hydrogen) atoms. The predicted molar refractivity (Wildman–Crippen MR) is 63.6 cm³/mol. The highest BCUT2D eigenvalue weighted by Crippen LogP contribution is 2.37. The molecule has 0 radical (unpaired) electrons. The van der Waals surface area contributed by atoms with Crippen LogP contribution in [0.15, 0.2) is 24.3 Å². The van der Waals surface area contributed by atoms with Crippen LogP contribution in [0, 0.1) is 0 Å². The molecule has 0 amide bonds. The third-order valence-corrected chi connectivity index (χ3v) is 3.28. The molecule has 1 aromatic rings. The van der Waals surface area contributed by atoms with Crippen molar-refractivity contribution in [2.75, 3.05) is 6.61 Å². The summed E-state index contributed by atoms with van der Waals surface area (Å²) < 4.78 is 5.31. The van der Waals surface area contributed by atoms with Crippen molar-refractivity contribution in [2.24, 2.45) is 0 Å². The number of ether oxygens (including phenoxy) is 1. The van der Waals surface area contributed by atoms with Crippen LogP contribution >= 0.6 is 0 Å². The van der Waals surface area contributed by atoms with Crippen LogP contribution in [0.5, 0.6) is 0 Å². The van der Waals surface area contributed by atoms with Gasteiger partial charge in [0.15, 0.2) is 5.78 Å². The lowest BCUT2D eigenvalue weighted by atomic mass is 9.75. The van der Waals surface area contributed by atoms with E-state index in [-0.39, 0.29) is 11.9 Å². The fourth-order valence-corrected chi connectivity index (χ4v) is 2.30.